The zero-order valence-corrected chi connectivity index (χ0v) is 36.0. The van der Waals surface area contributed by atoms with Crippen molar-refractivity contribution in [3.8, 4) is 0 Å². The van der Waals surface area contributed by atoms with Gasteiger partial charge < -0.3 is 29.7 Å². The molecular formula is C46H73O11P. The maximum Gasteiger partial charge on any atom is 0.472 e. The van der Waals surface area contributed by atoms with Crippen LogP contribution < -0.4 is 0 Å². The Balaban J connectivity index is 4.60. The number of rotatable bonds is 37. The van der Waals surface area contributed by atoms with E-state index in [1.165, 1.54) is 0 Å². The molecule has 0 saturated heterocycles. The molecule has 0 fully saturated rings. The van der Waals surface area contributed by atoms with Crippen LogP contribution in [0.4, 0.5) is 0 Å². The number of hydrogen-bond donors (Lipinski definition) is 4. The average Bonchev–Trinajstić information content (AvgIpc) is 3.21. The van der Waals surface area contributed by atoms with Crippen LogP contribution in [0, 0.1) is 0 Å². The number of esters is 2. The first-order valence-corrected chi connectivity index (χ1v) is 22.4. The van der Waals surface area contributed by atoms with Crippen molar-refractivity contribution in [2.45, 2.75) is 141 Å². The Labute approximate surface area is 348 Å². The van der Waals surface area contributed by atoms with E-state index in [9.17, 15) is 29.3 Å². The predicted molar refractivity (Wildman–Crippen MR) is 234 cm³/mol. The third kappa shape index (κ3) is 39.4. The molecule has 0 spiro atoms. The summed E-state index contributed by atoms with van der Waals surface area (Å²) >= 11 is 0. The summed E-state index contributed by atoms with van der Waals surface area (Å²) in [5.41, 5.74) is 0. The number of ether oxygens (including phenoxy) is 2. The molecule has 0 aliphatic carbocycles. The molecule has 2 unspecified atom stereocenters. The Morgan fingerprint density at radius 1 is 0.586 bits per heavy atom. The summed E-state index contributed by atoms with van der Waals surface area (Å²) < 4.78 is 32.5. The highest BCUT2D eigenvalue weighted by Crippen LogP contribution is 2.43. The lowest BCUT2D eigenvalue weighted by atomic mass is 10.1. The summed E-state index contributed by atoms with van der Waals surface area (Å²) in [6.45, 7) is 1.82. The van der Waals surface area contributed by atoms with E-state index in [4.69, 9.17) is 19.1 Å². The molecule has 4 N–H and O–H groups in total. The molecule has 4 atom stereocenters. The molecule has 0 aromatic rings. The summed E-state index contributed by atoms with van der Waals surface area (Å²) in [5.74, 6) is -1.24. The Bertz CT molecular complexity index is 1340. The predicted octanol–water partition coefficient (Wildman–Crippen LogP) is 9.97. The van der Waals surface area contributed by atoms with Crippen LogP contribution in [0.15, 0.2) is 109 Å². The summed E-state index contributed by atoms with van der Waals surface area (Å²) in [6.07, 6.45) is 46.7. The number of hydrogen-bond acceptors (Lipinski definition) is 10. The van der Waals surface area contributed by atoms with Gasteiger partial charge in [0.1, 0.15) is 12.7 Å². The minimum Gasteiger partial charge on any atom is -0.462 e. The van der Waals surface area contributed by atoms with Gasteiger partial charge in [0.25, 0.3) is 0 Å². The van der Waals surface area contributed by atoms with Gasteiger partial charge in [-0.3, -0.25) is 18.6 Å². The Morgan fingerprint density at radius 3 is 1.66 bits per heavy atom. The van der Waals surface area contributed by atoms with E-state index in [0.717, 1.165) is 83.5 Å². The highest BCUT2D eigenvalue weighted by molar-refractivity contribution is 7.47. The molecule has 0 radical (unpaired) electrons. The smallest absolute Gasteiger partial charge is 0.462 e. The number of carbonyl (C=O) groups excluding carboxylic acids is 2. The molecule has 58 heavy (non-hydrogen) atoms. The van der Waals surface area contributed by atoms with Crippen molar-refractivity contribution in [3.05, 3.63) is 109 Å². The highest BCUT2D eigenvalue weighted by atomic mass is 31.2. The second-order valence-electron chi connectivity index (χ2n) is 13.4. The first-order valence-electron chi connectivity index (χ1n) is 21.0. The van der Waals surface area contributed by atoms with Gasteiger partial charge in [-0.25, -0.2) is 4.57 Å². The zero-order chi connectivity index (χ0) is 42.8. The normalized spacial score (nSPS) is 15.5. The van der Waals surface area contributed by atoms with Crippen LogP contribution in [0.2, 0.25) is 0 Å². The number of unbranched alkanes of at least 4 members (excludes halogenated alkanes) is 5. The summed E-state index contributed by atoms with van der Waals surface area (Å²) in [4.78, 5) is 35.0. The number of phosphoric ester groups is 1. The van der Waals surface area contributed by atoms with Gasteiger partial charge in [-0.15, -0.1) is 0 Å². The van der Waals surface area contributed by atoms with Crippen LogP contribution in [0.5, 0.6) is 0 Å². The number of aliphatic hydroxyl groups excluding tert-OH is 3. The molecule has 0 aromatic heterocycles. The Kier molecular flexibility index (Phi) is 38.0. The standard InChI is InChI=1S/C46H73O11P/c1-3-5-7-9-11-13-15-17-19-21-22-24-26-28-30-32-34-42(48)36-37-45(50)54-40-44(41-56-58(52,53)55-39-43(49)38-47)57-46(51)35-33-31-29-27-25-23-20-18-16-14-12-10-8-6-4-2/h5-8,11-14,17-20,22,24,28,30,32,34,42-44,47-49H,3-4,9-10,15-16,21,23,25-27,29,31,33,35-41H2,1-2H3,(H,52,53)/b7-5-,8-6-,13-11-,14-12-,19-17-,20-18-,24-22-,30-28-,34-32-/t42?,43-,44+/m0/s1. The third-order valence-electron chi connectivity index (χ3n) is 8.04. The fourth-order valence-corrected chi connectivity index (χ4v) is 5.61. The SMILES string of the molecule is CC/C=C\C/C=C\C/C=C\C/C=C\C/C=C\C=C/C(O)CCC(=O)OC[C@H](COP(=O)(O)OC[C@@H](O)CO)OC(=O)CCCCCCC/C=C\C/C=C\C/C=C\CC. The molecule has 0 saturated carbocycles. The van der Waals surface area contributed by atoms with Crippen LogP contribution in [0.3, 0.4) is 0 Å². The fourth-order valence-electron chi connectivity index (χ4n) is 4.82. The van der Waals surface area contributed by atoms with E-state index in [2.05, 4.69) is 103 Å². The lowest BCUT2D eigenvalue weighted by Crippen LogP contribution is -2.30. The van der Waals surface area contributed by atoms with E-state index in [0.29, 0.717) is 6.42 Å². The third-order valence-corrected chi connectivity index (χ3v) is 8.99. The molecule has 0 aromatic carbocycles. The van der Waals surface area contributed by atoms with Crippen molar-refractivity contribution in [2.24, 2.45) is 0 Å². The summed E-state index contributed by atoms with van der Waals surface area (Å²) in [7, 11) is -4.69. The molecule has 11 nitrogen and oxygen atoms in total. The molecule has 0 aliphatic rings. The minimum atomic E-state index is -4.69. The molecule has 0 amide bonds. The van der Waals surface area contributed by atoms with Crippen LogP contribution >= 0.6 is 7.82 Å². The highest BCUT2D eigenvalue weighted by Gasteiger charge is 2.27. The van der Waals surface area contributed by atoms with Crippen LogP contribution in [-0.2, 0) is 32.7 Å². The summed E-state index contributed by atoms with van der Waals surface area (Å²) in [5, 5.41) is 28.6. The first kappa shape index (κ1) is 54.6. The molecule has 328 valence electrons. The van der Waals surface area contributed by atoms with Gasteiger partial charge in [-0.05, 0) is 77.0 Å². The number of carbonyl (C=O) groups is 2. The zero-order valence-electron chi connectivity index (χ0n) is 35.1. The fraction of sp³-hybridized carbons (Fsp3) is 0.565. The van der Waals surface area contributed by atoms with E-state index in [1.807, 2.05) is 12.2 Å². The topological polar surface area (TPSA) is 169 Å². The maximum atomic E-state index is 12.6. The molecular weight excluding hydrogens is 759 g/mol. The van der Waals surface area contributed by atoms with Crippen molar-refractivity contribution >= 4 is 19.8 Å². The van der Waals surface area contributed by atoms with Crippen molar-refractivity contribution in [1.82, 2.24) is 0 Å². The maximum absolute atomic E-state index is 12.6. The van der Waals surface area contributed by atoms with Gasteiger partial charge in [0.05, 0.1) is 25.9 Å². The largest absolute Gasteiger partial charge is 0.472 e. The van der Waals surface area contributed by atoms with Crippen LogP contribution in [0.1, 0.15) is 123 Å². The van der Waals surface area contributed by atoms with Gasteiger partial charge >= 0.3 is 19.8 Å². The van der Waals surface area contributed by atoms with E-state index in [1.54, 1.807) is 12.2 Å². The lowest BCUT2D eigenvalue weighted by molar-refractivity contribution is -0.161. The minimum absolute atomic E-state index is 0.0959. The lowest BCUT2D eigenvalue weighted by Gasteiger charge is -2.20. The van der Waals surface area contributed by atoms with Crippen molar-refractivity contribution in [3.63, 3.8) is 0 Å². The van der Waals surface area contributed by atoms with Gasteiger partial charge in [0.15, 0.2) is 6.10 Å². The van der Waals surface area contributed by atoms with Crippen molar-refractivity contribution in [2.75, 3.05) is 26.4 Å². The van der Waals surface area contributed by atoms with Gasteiger partial charge in [-0.2, -0.15) is 0 Å². The van der Waals surface area contributed by atoms with Gasteiger partial charge in [0.2, 0.25) is 0 Å². The monoisotopic (exact) mass is 832 g/mol. The Morgan fingerprint density at radius 2 is 1.09 bits per heavy atom. The molecule has 0 bridgehead atoms. The van der Waals surface area contributed by atoms with Gasteiger partial charge in [-0.1, -0.05) is 142 Å². The quantitative estimate of drug-likeness (QED) is 0.0155. The molecule has 0 rings (SSSR count). The van der Waals surface area contributed by atoms with Crippen molar-refractivity contribution < 1.29 is 52.9 Å². The van der Waals surface area contributed by atoms with Crippen molar-refractivity contribution in [1.29, 1.82) is 0 Å². The second kappa shape index (κ2) is 40.4. The Hall–Kier alpha value is -3.41. The number of allylic oxidation sites excluding steroid dienone is 17. The number of phosphoric acid groups is 1. The van der Waals surface area contributed by atoms with Crippen LogP contribution in [-0.4, -0.2) is 76.9 Å². The first-order chi connectivity index (χ1) is 28.1. The van der Waals surface area contributed by atoms with E-state index < -0.39 is 64.5 Å². The second-order valence-corrected chi connectivity index (χ2v) is 14.9. The van der Waals surface area contributed by atoms with E-state index in [-0.39, 0.29) is 19.3 Å². The van der Waals surface area contributed by atoms with Gasteiger partial charge in [0, 0.05) is 12.8 Å². The average molecular weight is 833 g/mol. The van der Waals surface area contributed by atoms with E-state index >= 15 is 0 Å². The molecule has 0 aliphatic heterocycles. The molecule has 0 heterocycles. The number of aliphatic hydroxyl groups is 3. The van der Waals surface area contributed by atoms with Crippen LogP contribution in [0.25, 0.3) is 0 Å². The summed E-state index contributed by atoms with van der Waals surface area (Å²) in [6, 6.07) is 0. The molecule has 12 heteroatoms.